The molecule has 2 aliphatic rings. The van der Waals surface area contributed by atoms with Gasteiger partial charge in [-0.05, 0) is 0 Å². The van der Waals surface area contributed by atoms with Gasteiger partial charge in [0.1, 0.15) is 22.4 Å². The molecule has 12 heteroatoms. The first-order valence-corrected chi connectivity index (χ1v) is 6.71. The van der Waals surface area contributed by atoms with Gasteiger partial charge in [0.25, 0.3) is 0 Å². The highest BCUT2D eigenvalue weighted by atomic mass is 35.5. The van der Waals surface area contributed by atoms with Gasteiger partial charge in [0.15, 0.2) is 12.2 Å². The second kappa shape index (κ2) is 8.13. The first-order chi connectivity index (χ1) is 10.2. The minimum absolute atomic E-state index is 0.256. The molecule has 22 heavy (non-hydrogen) atoms. The summed E-state index contributed by atoms with van der Waals surface area (Å²) in [4.78, 5) is 29.9. The molecule has 0 bridgehead atoms. The molecule has 0 saturated carbocycles. The number of rotatable bonds is 4. The van der Waals surface area contributed by atoms with Crippen LogP contribution in [-0.2, 0) is 19.3 Å². The monoisotopic (exact) mass is 356 g/mol. The van der Waals surface area contributed by atoms with Crippen LogP contribution in [0.1, 0.15) is 12.8 Å². The van der Waals surface area contributed by atoms with E-state index in [-0.39, 0.29) is 23.2 Å². The van der Waals surface area contributed by atoms with Crippen LogP contribution in [0.25, 0.3) is 0 Å². The largest absolute Gasteiger partial charge is 0.480 e. The summed E-state index contributed by atoms with van der Waals surface area (Å²) in [6.07, 6.45) is -0.704. The minimum atomic E-state index is -1.11. The lowest BCUT2D eigenvalue weighted by atomic mass is 10.1. The van der Waals surface area contributed by atoms with Gasteiger partial charge >= 0.3 is 11.9 Å². The Balaban J connectivity index is 0.000000220. The fraction of sp³-hybridized carbons (Fsp3) is 0.600. The van der Waals surface area contributed by atoms with E-state index in [9.17, 15) is 9.59 Å². The summed E-state index contributed by atoms with van der Waals surface area (Å²) in [6, 6.07) is -2.12. The molecule has 0 saturated heterocycles. The van der Waals surface area contributed by atoms with Crippen LogP contribution in [0.3, 0.4) is 0 Å². The second-order valence-corrected chi connectivity index (χ2v) is 5.23. The zero-order valence-corrected chi connectivity index (χ0v) is 12.6. The van der Waals surface area contributed by atoms with E-state index in [0.29, 0.717) is 0 Å². The van der Waals surface area contributed by atoms with Crippen molar-refractivity contribution in [1.82, 2.24) is 0 Å². The second-order valence-electron chi connectivity index (χ2n) is 4.36. The molecule has 0 aliphatic carbocycles. The fourth-order valence-corrected chi connectivity index (χ4v) is 1.82. The van der Waals surface area contributed by atoms with Gasteiger partial charge in [-0.3, -0.25) is 9.59 Å². The van der Waals surface area contributed by atoms with Crippen LogP contribution >= 0.6 is 23.2 Å². The first-order valence-electron chi connectivity index (χ1n) is 5.95. The fourth-order valence-electron chi connectivity index (χ4n) is 1.43. The zero-order valence-electron chi connectivity index (χ0n) is 11.1. The minimum Gasteiger partial charge on any atom is -0.480 e. The Hall–Kier alpha value is -1.62. The standard InChI is InChI=1S/2C5H7ClN2O3/c2*6-3-1-2(11-8-3)4(7)5(9)10/h2*2,4H,1,7H2,(H,9,10)/t2*2-,4-/m00/s1. The van der Waals surface area contributed by atoms with E-state index in [4.69, 9.17) is 44.9 Å². The third-order valence-corrected chi connectivity index (χ3v) is 3.13. The number of nitrogens with two attached hydrogens (primary N) is 2. The quantitative estimate of drug-likeness (QED) is 0.521. The maximum Gasteiger partial charge on any atom is 0.324 e. The van der Waals surface area contributed by atoms with Gasteiger partial charge in [0.05, 0.1) is 0 Å². The molecule has 0 aromatic carbocycles. The first kappa shape index (κ1) is 18.4. The SMILES string of the molecule is N[C@H](C(=O)O)[C@@H]1CC(Cl)=NO1.N[C@H](C(=O)O)[C@@H]1CC(Cl)=NO1. The van der Waals surface area contributed by atoms with Crippen molar-refractivity contribution in [1.29, 1.82) is 0 Å². The van der Waals surface area contributed by atoms with E-state index in [1.807, 2.05) is 0 Å². The number of carboxylic acid groups (broad SMARTS) is 2. The average molecular weight is 357 g/mol. The van der Waals surface area contributed by atoms with E-state index in [1.165, 1.54) is 0 Å². The van der Waals surface area contributed by atoms with E-state index < -0.39 is 36.2 Å². The van der Waals surface area contributed by atoms with Gasteiger partial charge in [-0.2, -0.15) is 0 Å². The van der Waals surface area contributed by atoms with Gasteiger partial charge in [-0.25, -0.2) is 0 Å². The Morgan fingerprint density at radius 1 is 1.00 bits per heavy atom. The summed E-state index contributed by atoms with van der Waals surface area (Å²) in [7, 11) is 0. The lowest BCUT2D eigenvalue weighted by Gasteiger charge is -2.11. The van der Waals surface area contributed by atoms with Crippen LogP contribution in [0.5, 0.6) is 0 Å². The highest BCUT2D eigenvalue weighted by Crippen LogP contribution is 2.15. The highest BCUT2D eigenvalue weighted by molar-refractivity contribution is 6.65. The summed E-state index contributed by atoms with van der Waals surface area (Å²) < 4.78 is 0. The smallest absolute Gasteiger partial charge is 0.324 e. The van der Waals surface area contributed by atoms with Gasteiger partial charge < -0.3 is 31.4 Å². The summed E-state index contributed by atoms with van der Waals surface area (Å²) in [6.45, 7) is 0. The summed E-state index contributed by atoms with van der Waals surface area (Å²) >= 11 is 10.9. The van der Waals surface area contributed by atoms with Crippen molar-refractivity contribution >= 4 is 45.5 Å². The van der Waals surface area contributed by atoms with Crippen molar-refractivity contribution in [3.8, 4) is 0 Å². The molecule has 124 valence electrons. The topological polar surface area (TPSA) is 170 Å². The molecule has 0 spiro atoms. The van der Waals surface area contributed by atoms with Crippen LogP contribution in [0.15, 0.2) is 10.3 Å². The third kappa shape index (κ3) is 5.30. The predicted molar refractivity (Wildman–Crippen MR) is 76.8 cm³/mol. The Morgan fingerprint density at radius 2 is 1.32 bits per heavy atom. The van der Waals surface area contributed by atoms with E-state index in [1.54, 1.807) is 0 Å². The number of carboxylic acids is 2. The molecule has 2 rings (SSSR count). The van der Waals surface area contributed by atoms with Crippen LogP contribution in [0.4, 0.5) is 0 Å². The maximum absolute atomic E-state index is 10.3. The molecule has 4 atom stereocenters. The Bertz CT molecular complexity index is 456. The van der Waals surface area contributed by atoms with Crippen LogP contribution < -0.4 is 11.5 Å². The molecule has 0 aromatic rings. The van der Waals surface area contributed by atoms with E-state index >= 15 is 0 Å². The Morgan fingerprint density at radius 3 is 1.50 bits per heavy atom. The number of carbonyl (C=O) groups is 2. The number of aliphatic carboxylic acids is 2. The van der Waals surface area contributed by atoms with Crippen molar-refractivity contribution in [3.05, 3.63) is 0 Å². The van der Waals surface area contributed by atoms with Crippen LogP contribution in [0, 0.1) is 0 Å². The number of nitrogens with zero attached hydrogens (tertiary/aromatic N) is 2. The Kier molecular flexibility index (Phi) is 6.81. The number of hydrogen-bond acceptors (Lipinski definition) is 8. The highest BCUT2D eigenvalue weighted by Gasteiger charge is 2.31. The number of halogens is 2. The van der Waals surface area contributed by atoms with Crippen molar-refractivity contribution in [2.45, 2.75) is 37.1 Å². The molecule has 2 aliphatic heterocycles. The molecule has 6 N–H and O–H groups in total. The summed E-state index contributed by atoms with van der Waals surface area (Å²) in [5, 5.41) is 24.1. The molecular weight excluding hydrogens is 343 g/mol. The zero-order chi connectivity index (χ0) is 16.9. The lowest BCUT2D eigenvalue weighted by molar-refractivity contribution is -0.142. The third-order valence-electron chi connectivity index (χ3n) is 2.68. The lowest BCUT2D eigenvalue weighted by Crippen LogP contribution is -2.41. The van der Waals surface area contributed by atoms with Gasteiger partial charge in [-0.15, -0.1) is 0 Å². The van der Waals surface area contributed by atoms with E-state index in [2.05, 4.69) is 20.0 Å². The molecule has 0 radical (unpaired) electrons. The molecule has 2 heterocycles. The predicted octanol–water partition coefficient (Wildman–Crippen LogP) is -0.521. The van der Waals surface area contributed by atoms with Crippen LogP contribution in [-0.4, -0.2) is 56.8 Å². The van der Waals surface area contributed by atoms with Crippen molar-refractivity contribution in [2.75, 3.05) is 0 Å². The maximum atomic E-state index is 10.3. The summed E-state index contributed by atoms with van der Waals surface area (Å²) in [5.74, 6) is -2.23. The van der Waals surface area contributed by atoms with Crippen molar-refractivity contribution in [3.63, 3.8) is 0 Å². The van der Waals surface area contributed by atoms with Crippen LogP contribution in [0.2, 0.25) is 0 Å². The molecule has 0 unspecified atom stereocenters. The molecule has 0 amide bonds. The van der Waals surface area contributed by atoms with Gasteiger partial charge in [0, 0.05) is 12.8 Å². The number of oxime groups is 2. The Labute approximate surface area is 134 Å². The number of hydrogen-bond donors (Lipinski definition) is 4. The van der Waals surface area contributed by atoms with Gasteiger partial charge in [-0.1, -0.05) is 33.5 Å². The van der Waals surface area contributed by atoms with Crippen molar-refractivity contribution in [2.24, 2.45) is 21.8 Å². The van der Waals surface area contributed by atoms with Crippen molar-refractivity contribution < 1.29 is 29.5 Å². The molecular formula is C10H14Cl2N4O6. The van der Waals surface area contributed by atoms with Gasteiger partial charge in [0.2, 0.25) is 0 Å². The average Bonchev–Trinajstić information content (AvgIpc) is 3.06. The van der Waals surface area contributed by atoms with E-state index in [0.717, 1.165) is 0 Å². The normalized spacial score (nSPS) is 25.6. The summed E-state index contributed by atoms with van der Waals surface area (Å²) in [5.41, 5.74) is 10.5. The molecule has 10 nitrogen and oxygen atoms in total. The molecule has 0 fully saturated rings. The molecule has 0 aromatic heterocycles.